The maximum Gasteiger partial charge on any atom is 0.225 e. The van der Waals surface area contributed by atoms with Crippen LogP contribution in [0.15, 0.2) is 18.5 Å². The molecule has 3 aliphatic rings. The summed E-state index contributed by atoms with van der Waals surface area (Å²) >= 11 is 0. The second kappa shape index (κ2) is 8.63. The Hall–Kier alpha value is -1.24. The molecule has 0 saturated carbocycles. The van der Waals surface area contributed by atoms with Crippen molar-refractivity contribution in [2.45, 2.75) is 44.1 Å². The van der Waals surface area contributed by atoms with Crippen molar-refractivity contribution in [2.24, 2.45) is 11.8 Å². The molecule has 4 heterocycles. The Bertz CT molecular complexity index is 542. The van der Waals surface area contributed by atoms with Gasteiger partial charge in [-0.15, -0.1) is 0 Å². The number of ether oxygens (including phenoxy) is 3. The summed E-state index contributed by atoms with van der Waals surface area (Å²) in [6.45, 7) is 6.39. The van der Waals surface area contributed by atoms with E-state index in [1.165, 1.54) is 6.42 Å². The third-order valence-corrected chi connectivity index (χ3v) is 6.35. The van der Waals surface area contributed by atoms with Gasteiger partial charge in [0.05, 0.1) is 5.60 Å². The van der Waals surface area contributed by atoms with E-state index in [1.54, 1.807) is 0 Å². The topological polar surface area (TPSA) is 56.7 Å². The highest BCUT2D eigenvalue weighted by atomic mass is 16.5. The zero-order chi connectivity index (χ0) is 17.7. The molecule has 1 spiro atoms. The molecule has 3 aliphatic heterocycles. The molecular formula is C20H31N3O3. The smallest absolute Gasteiger partial charge is 0.225 e. The van der Waals surface area contributed by atoms with Crippen molar-refractivity contribution >= 4 is 5.95 Å². The van der Waals surface area contributed by atoms with Crippen molar-refractivity contribution < 1.29 is 14.2 Å². The van der Waals surface area contributed by atoms with Crippen molar-refractivity contribution in [1.82, 2.24) is 9.97 Å². The van der Waals surface area contributed by atoms with Crippen LogP contribution in [-0.4, -0.2) is 61.7 Å². The molecule has 1 unspecified atom stereocenters. The van der Waals surface area contributed by atoms with E-state index in [0.29, 0.717) is 11.8 Å². The maximum absolute atomic E-state index is 6.29. The molecule has 3 fully saturated rings. The van der Waals surface area contributed by atoms with Crippen molar-refractivity contribution in [1.29, 1.82) is 0 Å². The van der Waals surface area contributed by atoms with Gasteiger partial charge >= 0.3 is 0 Å². The molecule has 144 valence electrons. The predicted octanol–water partition coefficient (Wildman–Crippen LogP) is 2.69. The maximum atomic E-state index is 6.29. The molecule has 0 N–H and O–H groups in total. The van der Waals surface area contributed by atoms with Crippen LogP contribution in [0, 0.1) is 11.8 Å². The second-order valence-corrected chi connectivity index (χ2v) is 7.85. The minimum absolute atomic E-state index is 0.0489. The van der Waals surface area contributed by atoms with E-state index in [2.05, 4.69) is 14.9 Å². The van der Waals surface area contributed by atoms with Gasteiger partial charge in [-0.3, -0.25) is 0 Å². The molecule has 1 atom stereocenters. The van der Waals surface area contributed by atoms with Gasteiger partial charge in [-0.25, -0.2) is 9.97 Å². The number of nitrogens with zero attached hydrogens (tertiary/aromatic N) is 3. The minimum atomic E-state index is 0.0489. The largest absolute Gasteiger partial charge is 0.381 e. The zero-order valence-corrected chi connectivity index (χ0v) is 15.6. The van der Waals surface area contributed by atoms with Crippen LogP contribution in [0.2, 0.25) is 0 Å². The predicted molar refractivity (Wildman–Crippen MR) is 99.2 cm³/mol. The van der Waals surface area contributed by atoms with E-state index in [0.717, 1.165) is 84.2 Å². The van der Waals surface area contributed by atoms with Crippen LogP contribution in [0.4, 0.5) is 5.95 Å². The van der Waals surface area contributed by atoms with Crippen LogP contribution in [0.3, 0.4) is 0 Å². The fraction of sp³-hybridized carbons (Fsp3) is 0.800. The van der Waals surface area contributed by atoms with Crippen molar-refractivity contribution in [3.8, 4) is 0 Å². The highest BCUT2D eigenvalue weighted by Crippen LogP contribution is 2.42. The molecule has 0 aliphatic carbocycles. The van der Waals surface area contributed by atoms with Crippen molar-refractivity contribution in [2.75, 3.05) is 51.0 Å². The van der Waals surface area contributed by atoms with Gasteiger partial charge in [0.25, 0.3) is 0 Å². The van der Waals surface area contributed by atoms with Gasteiger partial charge in [0, 0.05) is 58.5 Å². The summed E-state index contributed by atoms with van der Waals surface area (Å²) in [7, 11) is 0. The van der Waals surface area contributed by atoms with Gasteiger partial charge in [0.1, 0.15) is 0 Å². The Morgan fingerprint density at radius 2 is 1.85 bits per heavy atom. The van der Waals surface area contributed by atoms with Crippen LogP contribution >= 0.6 is 0 Å². The van der Waals surface area contributed by atoms with Gasteiger partial charge in [-0.1, -0.05) is 0 Å². The fourth-order valence-electron chi connectivity index (χ4n) is 4.67. The molecule has 0 bridgehead atoms. The summed E-state index contributed by atoms with van der Waals surface area (Å²) in [5.41, 5.74) is 0.0489. The first kappa shape index (κ1) is 18.1. The van der Waals surface area contributed by atoms with E-state index >= 15 is 0 Å². The highest BCUT2D eigenvalue weighted by Gasteiger charge is 2.46. The van der Waals surface area contributed by atoms with E-state index in [1.807, 2.05) is 18.5 Å². The third kappa shape index (κ3) is 4.18. The summed E-state index contributed by atoms with van der Waals surface area (Å²) in [6.07, 6.45) is 10.3. The first-order chi connectivity index (χ1) is 12.9. The normalized spacial score (nSPS) is 26.5. The van der Waals surface area contributed by atoms with Crippen LogP contribution in [0.1, 0.15) is 38.5 Å². The molecular weight excluding hydrogens is 330 g/mol. The summed E-state index contributed by atoms with van der Waals surface area (Å²) < 4.78 is 17.7. The number of piperidine rings is 1. The Kier molecular flexibility index (Phi) is 6.02. The standard InChI is InChI=1S/C20H31N3O3/c1-8-21-19(22-9-1)23-10-6-20(7-11-23)18(5-15-26-20)4-14-25-16-17-2-12-24-13-3-17/h1,8-9,17-18H,2-7,10-16H2. The average molecular weight is 361 g/mol. The van der Waals surface area contributed by atoms with E-state index in [-0.39, 0.29) is 5.60 Å². The number of hydrogen-bond acceptors (Lipinski definition) is 6. The van der Waals surface area contributed by atoms with Crippen LogP contribution in [0.5, 0.6) is 0 Å². The number of aromatic nitrogens is 2. The quantitative estimate of drug-likeness (QED) is 0.726. The first-order valence-corrected chi connectivity index (χ1v) is 10.2. The third-order valence-electron chi connectivity index (χ3n) is 6.35. The molecule has 1 aromatic rings. The Labute approximate surface area is 156 Å². The number of hydrogen-bond donors (Lipinski definition) is 0. The van der Waals surface area contributed by atoms with Gasteiger partial charge in [0.15, 0.2) is 0 Å². The molecule has 3 saturated heterocycles. The Morgan fingerprint density at radius 3 is 2.62 bits per heavy atom. The van der Waals surface area contributed by atoms with Gasteiger partial charge in [-0.2, -0.15) is 0 Å². The lowest BCUT2D eigenvalue weighted by molar-refractivity contribution is -0.0494. The molecule has 6 nitrogen and oxygen atoms in total. The molecule has 0 radical (unpaired) electrons. The van der Waals surface area contributed by atoms with Crippen LogP contribution in [0.25, 0.3) is 0 Å². The molecule has 0 amide bonds. The minimum Gasteiger partial charge on any atom is -0.381 e. The Morgan fingerprint density at radius 1 is 1.08 bits per heavy atom. The molecule has 6 heteroatoms. The lowest BCUT2D eigenvalue weighted by Gasteiger charge is -2.42. The fourth-order valence-corrected chi connectivity index (χ4v) is 4.67. The highest BCUT2D eigenvalue weighted by molar-refractivity contribution is 5.30. The van der Waals surface area contributed by atoms with Crippen molar-refractivity contribution in [3.63, 3.8) is 0 Å². The van der Waals surface area contributed by atoms with Gasteiger partial charge in [0.2, 0.25) is 5.95 Å². The number of anilines is 1. The van der Waals surface area contributed by atoms with Crippen LogP contribution in [-0.2, 0) is 14.2 Å². The van der Waals surface area contributed by atoms with Gasteiger partial charge < -0.3 is 19.1 Å². The molecule has 26 heavy (non-hydrogen) atoms. The summed E-state index contributed by atoms with van der Waals surface area (Å²) in [6, 6.07) is 1.87. The lowest BCUT2D eigenvalue weighted by atomic mass is 9.78. The summed E-state index contributed by atoms with van der Waals surface area (Å²) in [4.78, 5) is 11.1. The Balaban J connectivity index is 1.23. The summed E-state index contributed by atoms with van der Waals surface area (Å²) in [5.74, 6) is 2.15. The van der Waals surface area contributed by atoms with E-state index in [9.17, 15) is 0 Å². The number of rotatable bonds is 6. The van der Waals surface area contributed by atoms with E-state index < -0.39 is 0 Å². The molecule has 4 rings (SSSR count). The molecule has 1 aromatic heterocycles. The first-order valence-electron chi connectivity index (χ1n) is 10.2. The average Bonchev–Trinajstić information content (AvgIpc) is 3.09. The zero-order valence-electron chi connectivity index (χ0n) is 15.6. The van der Waals surface area contributed by atoms with Crippen LogP contribution < -0.4 is 4.90 Å². The summed E-state index contributed by atoms with van der Waals surface area (Å²) in [5, 5.41) is 0. The SMILES string of the molecule is c1cnc(N2CCC3(CC2)OCCC3CCOCC2CCOCC2)nc1. The lowest BCUT2D eigenvalue weighted by Crippen LogP contribution is -2.48. The van der Waals surface area contributed by atoms with Crippen molar-refractivity contribution in [3.05, 3.63) is 18.5 Å². The van der Waals surface area contributed by atoms with E-state index in [4.69, 9.17) is 14.2 Å². The molecule has 0 aromatic carbocycles. The van der Waals surface area contributed by atoms with Gasteiger partial charge in [-0.05, 0) is 56.4 Å². The second-order valence-electron chi connectivity index (χ2n) is 7.85. The monoisotopic (exact) mass is 361 g/mol.